The van der Waals surface area contributed by atoms with Crippen LogP contribution in [0.1, 0.15) is 11.3 Å². The van der Waals surface area contributed by atoms with Crippen molar-refractivity contribution >= 4 is 27.9 Å². The molecule has 0 saturated heterocycles. The number of amides is 1. The van der Waals surface area contributed by atoms with Gasteiger partial charge in [-0.3, -0.25) is 9.20 Å². The van der Waals surface area contributed by atoms with Gasteiger partial charge in [0.05, 0.1) is 12.1 Å². The molecule has 4 aromatic rings. The molecule has 0 radical (unpaired) electrons. The second-order valence-corrected chi connectivity index (χ2v) is 7.79. The highest BCUT2D eigenvalue weighted by atomic mass is 32.1. The zero-order valence-electron chi connectivity index (χ0n) is 15.8. The highest BCUT2D eigenvalue weighted by Gasteiger charge is 2.15. The summed E-state index contributed by atoms with van der Waals surface area (Å²) in [5, 5.41) is 4.91. The molecule has 0 spiro atoms. The topological polar surface area (TPSA) is 64.9 Å². The van der Waals surface area contributed by atoms with Crippen LogP contribution in [-0.2, 0) is 11.2 Å². The van der Waals surface area contributed by atoms with Crippen molar-refractivity contribution in [3.8, 4) is 22.8 Å². The van der Waals surface area contributed by atoms with Gasteiger partial charge in [0.1, 0.15) is 13.2 Å². The van der Waals surface area contributed by atoms with E-state index in [0.29, 0.717) is 30.4 Å². The van der Waals surface area contributed by atoms with Gasteiger partial charge in [-0.05, 0) is 19.1 Å². The molecule has 0 fully saturated rings. The number of thiazole rings is 1. The quantitative estimate of drug-likeness (QED) is 0.549. The summed E-state index contributed by atoms with van der Waals surface area (Å²) in [5.74, 6) is 1.27. The number of nitrogens with zero attached hydrogens (tertiary/aromatic N) is 2. The maximum Gasteiger partial charge on any atom is 0.230 e. The third kappa shape index (κ3) is 3.56. The maximum atomic E-state index is 12.6. The molecule has 2 aromatic heterocycles. The van der Waals surface area contributed by atoms with Crippen molar-refractivity contribution in [2.24, 2.45) is 0 Å². The molecule has 0 saturated carbocycles. The fraction of sp³-hybridized carbons (Fsp3) is 0.182. The molecule has 2 aromatic carbocycles. The van der Waals surface area contributed by atoms with Crippen molar-refractivity contribution in [3.05, 3.63) is 65.3 Å². The highest BCUT2D eigenvalue weighted by molar-refractivity contribution is 7.15. The molecular weight excluding hydrogens is 386 g/mol. The zero-order chi connectivity index (χ0) is 19.8. The van der Waals surface area contributed by atoms with Gasteiger partial charge in [0, 0.05) is 34.6 Å². The van der Waals surface area contributed by atoms with Crippen molar-refractivity contribution in [3.63, 3.8) is 0 Å². The number of aromatic nitrogens is 2. The van der Waals surface area contributed by atoms with Gasteiger partial charge in [0.25, 0.3) is 0 Å². The molecule has 0 atom stereocenters. The fourth-order valence-electron chi connectivity index (χ4n) is 3.31. The number of benzene rings is 2. The molecule has 0 unspecified atom stereocenters. The molecule has 1 aliphatic rings. The van der Waals surface area contributed by atoms with E-state index in [0.717, 1.165) is 21.9 Å². The van der Waals surface area contributed by atoms with Crippen LogP contribution in [0, 0.1) is 6.92 Å². The molecule has 1 aliphatic heterocycles. The van der Waals surface area contributed by atoms with E-state index in [9.17, 15) is 4.79 Å². The number of hydrogen-bond donors (Lipinski definition) is 1. The van der Waals surface area contributed by atoms with Crippen molar-refractivity contribution in [2.45, 2.75) is 13.3 Å². The summed E-state index contributed by atoms with van der Waals surface area (Å²) in [5.41, 5.74) is 4.79. The Morgan fingerprint density at radius 2 is 1.93 bits per heavy atom. The van der Waals surface area contributed by atoms with E-state index in [1.807, 2.05) is 28.1 Å². The van der Waals surface area contributed by atoms with Crippen LogP contribution in [0.4, 0.5) is 5.69 Å². The Kier molecular flexibility index (Phi) is 4.44. The second-order valence-electron chi connectivity index (χ2n) is 6.96. The number of rotatable bonds is 4. The summed E-state index contributed by atoms with van der Waals surface area (Å²) >= 11 is 1.53. The lowest BCUT2D eigenvalue weighted by molar-refractivity contribution is -0.115. The minimum Gasteiger partial charge on any atom is -0.486 e. The number of nitrogens with one attached hydrogen (secondary N) is 1. The molecule has 5 rings (SSSR count). The van der Waals surface area contributed by atoms with E-state index in [1.54, 1.807) is 6.07 Å². The summed E-state index contributed by atoms with van der Waals surface area (Å²) in [6, 6.07) is 13.7. The molecule has 6 nitrogen and oxygen atoms in total. The fourth-order valence-corrected chi connectivity index (χ4v) is 4.18. The minimum absolute atomic E-state index is 0.0908. The van der Waals surface area contributed by atoms with Gasteiger partial charge in [-0.25, -0.2) is 4.98 Å². The summed E-state index contributed by atoms with van der Waals surface area (Å²) in [7, 11) is 0. The third-order valence-electron chi connectivity index (χ3n) is 4.80. The first-order chi connectivity index (χ1) is 14.2. The van der Waals surface area contributed by atoms with E-state index in [1.165, 1.54) is 16.9 Å². The Balaban J connectivity index is 1.33. The van der Waals surface area contributed by atoms with Gasteiger partial charge >= 0.3 is 0 Å². The molecule has 146 valence electrons. The average Bonchev–Trinajstić information content (AvgIpc) is 3.30. The number of carbonyl (C=O) groups is 1. The first kappa shape index (κ1) is 17.8. The molecule has 0 aliphatic carbocycles. The Morgan fingerprint density at radius 1 is 1.14 bits per heavy atom. The SMILES string of the molecule is Cc1ccc(-c2cn3c(CC(=O)Nc4ccc5c(c4)OCCO5)csc3n2)cc1. The van der Waals surface area contributed by atoms with Crippen LogP contribution in [0.15, 0.2) is 54.0 Å². The Hall–Kier alpha value is -3.32. The standard InChI is InChI=1S/C22H19N3O3S/c1-14-2-4-15(5-3-14)18-12-25-17(13-29-22(25)24-18)11-21(26)23-16-6-7-19-20(10-16)28-9-8-27-19/h2-7,10,12-13H,8-9,11H2,1H3,(H,23,26). The number of aryl methyl sites for hydroxylation is 1. The van der Waals surface area contributed by atoms with E-state index in [4.69, 9.17) is 14.5 Å². The number of hydrogen-bond acceptors (Lipinski definition) is 5. The van der Waals surface area contributed by atoms with Gasteiger partial charge < -0.3 is 14.8 Å². The molecule has 1 N–H and O–H groups in total. The van der Waals surface area contributed by atoms with Gasteiger partial charge in [-0.2, -0.15) is 0 Å². The molecule has 3 heterocycles. The van der Waals surface area contributed by atoms with E-state index < -0.39 is 0 Å². The van der Waals surface area contributed by atoms with Crippen LogP contribution in [0.5, 0.6) is 11.5 Å². The monoisotopic (exact) mass is 405 g/mol. The first-order valence-electron chi connectivity index (χ1n) is 9.38. The van der Waals surface area contributed by atoms with Crippen LogP contribution in [0.25, 0.3) is 16.2 Å². The van der Waals surface area contributed by atoms with Gasteiger partial charge in [0.2, 0.25) is 5.91 Å². The van der Waals surface area contributed by atoms with Crippen LogP contribution < -0.4 is 14.8 Å². The predicted octanol–water partition coefficient (Wildman–Crippen LogP) is 4.32. The lowest BCUT2D eigenvalue weighted by atomic mass is 10.1. The molecule has 7 heteroatoms. The van der Waals surface area contributed by atoms with E-state index in [2.05, 4.69) is 36.5 Å². The molecule has 0 bridgehead atoms. The number of imidazole rings is 1. The normalized spacial score (nSPS) is 12.9. The van der Waals surface area contributed by atoms with Crippen molar-refractivity contribution < 1.29 is 14.3 Å². The molecule has 1 amide bonds. The lowest BCUT2D eigenvalue weighted by Crippen LogP contribution is -2.17. The van der Waals surface area contributed by atoms with Crippen LogP contribution in [0.2, 0.25) is 0 Å². The number of fused-ring (bicyclic) bond motifs is 2. The van der Waals surface area contributed by atoms with E-state index in [-0.39, 0.29) is 12.3 Å². The van der Waals surface area contributed by atoms with Gasteiger partial charge in [-0.15, -0.1) is 11.3 Å². The largest absolute Gasteiger partial charge is 0.486 e. The molecular formula is C22H19N3O3S. The van der Waals surface area contributed by atoms with Crippen molar-refractivity contribution in [1.82, 2.24) is 9.38 Å². The highest BCUT2D eigenvalue weighted by Crippen LogP contribution is 2.32. The Bertz CT molecular complexity index is 1190. The number of ether oxygens (including phenoxy) is 2. The summed E-state index contributed by atoms with van der Waals surface area (Å²) in [6.45, 7) is 3.12. The summed E-state index contributed by atoms with van der Waals surface area (Å²) in [6.07, 6.45) is 2.25. The number of carbonyl (C=O) groups excluding carboxylic acids is 1. The van der Waals surface area contributed by atoms with Crippen molar-refractivity contribution in [1.29, 1.82) is 0 Å². The first-order valence-corrected chi connectivity index (χ1v) is 10.3. The number of anilines is 1. The second kappa shape index (κ2) is 7.25. The summed E-state index contributed by atoms with van der Waals surface area (Å²) in [4.78, 5) is 18.2. The van der Waals surface area contributed by atoms with E-state index >= 15 is 0 Å². The minimum atomic E-state index is -0.0908. The van der Waals surface area contributed by atoms with Crippen LogP contribution in [0.3, 0.4) is 0 Å². The summed E-state index contributed by atoms with van der Waals surface area (Å²) < 4.78 is 13.1. The Labute approximate surface area is 171 Å². The molecule has 29 heavy (non-hydrogen) atoms. The lowest BCUT2D eigenvalue weighted by Gasteiger charge is -2.19. The van der Waals surface area contributed by atoms with Gasteiger partial charge in [0.15, 0.2) is 16.5 Å². The van der Waals surface area contributed by atoms with Crippen LogP contribution in [-0.4, -0.2) is 28.5 Å². The predicted molar refractivity (Wildman–Crippen MR) is 113 cm³/mol. The average molecular weight is 405 g/mol. The Morgan fingerprint density at radius 3 is 2.76 bits per heavy atom. The smallest absolute Gasteiger partial charge is 0.230 e. The van der Waals surface area contributed by atoms with Gasteiger partial charge in [-0.1, -0.05) is 29.8 Å². The maximum absolute atomic E-state index is 12.6. The van der Waals surface area contributed by atoms with Crippen molar-refractivity contribution in [2.75, 3.05) is 18.5 Å². The van der Waals surface area contributed by atoms with Crippen LogP contribution >= 0.6 is 11.3 Å². The third-order valence-corrected chi connectivity index (χ3v) is 5.69. The zero-order valence-corrected chi connectivity index (χ0v) is 16.7.